The molecule has 0 spiro atoms. The van der Waals surface area contributed by atoms with Crippen molar-refractivity contribution in [3.63, 3.8) is 0 Å². The van der Waals surface area contributed by atoms with Gasteiger partial charge in [0.15, 0.2) is 5.82 Å². The van der Waals surface area contributed by atoms with Crippen LogP contribution in [-0.4, -0.2) is 9.97 Å². The first-order valence-corrected chi connectivity index (χ1v) is 6.04. The van der Waals surface area contributed by atoms with Crippen molar-refractivity contribution < 1.29 is 0 Å². The zero-order valence-corrected chi connectivity index (χ0v) is 11.0. The molecule has 1 heterocycles. The van der Waals surface area contributed by atoms with Crippen molar-refractivity contribution in [1.82, 2.24) is 9.97 Å². The lowest BCUT2D eigenvalue weighted by Gasteiger charge is -2.04. The highest BCUT2D eigenvalue weighted by atomic mass is 35.6. The minimum absolute atomic E-state index is 0.315. The highest BCUT2D eigenvalue weighted by Gasteiger charge is 2.26. The molecule has 5 heteroatoms. The summed E-state index contributed by atoms with van der Waals surface area (Å²) in [5.41, 5.74) is 1.88. The Balaban J connectivity index is 2.15. The molecule has 0 unspecified atom stereocenters. The number of alkyl halides is 3. The van der Waals surface area contributed by atoms with Crippen LogP contribution >= 0.6 is 34.8 Å². The monoisotopic (exact) mass is 286 g/mol. The van der Waals surface area contributed by atoms with Gasteiger partial charge in [0.25, 0.3) is 0 Å². The van der Waals surface area contributed by atoms with Gasteiger partial charge in [0.2, 0.25) is 3.79 Å². The first-order chi connectivity index (χ1) is 8.05. The average molecular weight is 288 g/mol. The fraction of sp³-hybridized carbons (Fsp3) is 0.0833. The molecule has 0 saturated heterocycles. The van der Waals surface area contributed by atoms with Crippen molar-refractivity contribution in [2.75, 3.05) is 0 Å². The fourth-order valence-corrected chi connectivity index (χ4v) is 1.60. The van der Waals surface area contributed by atoms with Crippen molar-refractivity contribution in [2.45, 2.75) is 3.79 Å². The molecule has 0 saturated carbocycles. The summed E-state index contributed by atoms with van der Waals surface area (Å²) in [7, 11) is 0. The molecular weight excluding hydrogens is 279 g/mol. The van der Waals surface area contributed by atoms with Gasteiger partial charge in [-0.25, -0.2) is 4.98 Å². The van der Waals surface area contributed by atoms with E-state index in [4.69, 9.17) is 34.8 Å². The Labute approximate surface area is 114 Å². The van der Waals surface area contributed by atoms with E-state index in [1.54, 1.807) is 6.20 Å². The van der Waals surface area contributed by atoms with E-state index < -0.39 is 3.79 Å². The first-order valence-electron chi connectivity index (χ1n) is 4.91. The Kier molecular flexibility index (Phi) is 3.77. The van der Waals surface area contributed by atoms with Crippen LogP contribution in [0.2, 0.25) is 0 Å². The quantitative estimate of drug-likeness (QED) is 0.815. The van der Waals surface area contributed by atoms with Gasteiger partial charge in [-0.2, -0.15) is 0 Å². The number of aromatic amines is 1. The third kappa shape index (κ3) is 3.50. The molecule has 0 fully saturated rings. The van der Waals surface area contributed by atoms with Crippen LogP contribution < -0.4 is 0 Å². The van der Waals surface area contributed by atoms with E-state index in [9.17, 15) is 0 Å². The lowest BCUT2D eigenvalue weighted by Crippen LogP contribution is -2.02. The summed E-state index contributed by atoms with van der Waals surface area (Å²) in [6.07, 6.45) is 5.45. The van der Waals surface area contributed by atoms with Crippen LogP contribution in [-0.2, 0) is 3.79 Å². The van der Waals surface area contributed by atoms with Gasteiger partial charge < -0.3 is 4.98 Å². The van der Waals surface area contributed by atoms with Crippen molar-refractivity contribution >= 4 is 47.0 Å². The molecule has 2 rings (SSSR count). The number of halogens is 3. The zero-order valence-electron chi connectivity index (χ0n) is 8.70. The number of H-pyrrole nitrogens is 1. The summed E-state index contributed by atoms with van der Waals surface area (Å²) in [6.45, 7) is 0. The molecule has 0 amide bonds. The average Bonchev–Trinajstić information content (AvgIpc) is 2.76. The minimum atomic E-state index is -1.52. The van der Waals surface area contributed by atoms with Gasteiger partial charge in [0.1, 0.15) is 0 Å². The number of aromatic nitrogens is 2. The fourth-order valence-electron chi connectivity index (χ4n) is 1.31. The second-order valence-electron chi connectivity index (χ2n) is 3.43. The molecule has 0 bridgehead atoms. The lowest BCUT2D eigenvalue weighted by molar-refractivity contribution is 1.03. The maximum absolute atomic E-state index is 5.70. The van der Waals surface area contributed by atoms with E-state index in [1.165, 1.54) is 0 Å². The maximum atomic E-state index is 5.70. The normalized spacial score (nSPS) is 12.2. The van der Waals surface area contributed by atoms with E-state index in [0.717, 1.165) is 11.3 Å². The highest BCUT2D eigenvalue weighted by molar-refractivity contribution is 6.66. The first kappa shape index (κ1) is 12.5. The molecule has 88 valence electrons. The largest absolute Gasteiger partial charge is 0.339 e. The van der Waals surface area contributed by atoms with E-state index >= 15 is 0 Å². The van der Waals surface area contributed by atoms with Crippen molar-refractivity contribution in [2.24, 2.45) is 0 Å². The summed E-state index contributed by atoms with van der Waals surface area (Å²) >= 11 is 17.1. The Morgan fingerprint density at radius 1 is 1.06 bits per heavy atom. The van der Waals surface area contributed by atoms with Gasteiger partial charge >= 0.3 is 0 Å². The number of nitrogens with zero attached hydrogens (tertiary/aromatic N) is 1. The Morgan fingerprint density at radius 2 is 1.76 bits per heavy atom. The Hall–Kier alpha value is -0.960. The van der Waals surface area contributed by atoms with Gasteiger partial charge in [-0.15, -0.1) is 0 Å². The second-order valence-corrected chi connectivity index (χ2v) is 5.71. The molecule has 1 aromatic carbocycles. The SMILES string of the molecule is ClC(Cl)(Cl)c1ncc(C=Cc2ccccc2)[nH]1. The summed E-state index contributed by atoms with van der Waals surface area (Å²) in [4.78, 5) is 6.93. The molecule has 0 aliphatic carbocycles. The number of hydrogen-bond donors (Lipinski definition) is 1. The van der Waals surface area contributed by atoms with Gasteiger partial charge in [-0.1, -0.05) is 71.2 Å². The molecule has 2 nitrogen and oxygen atoms in total. The van der Waals surface area contributed by atoms with E-state index in [1.807, 2.05) is 42.5 Å². The number of nitrogens with one attached hydrogen (secondary N) is 1. The molecule has 0 radical (unpaired) electrons. The van der Waals surface area contributed by atoms with Gasteiger partial charge in [-0.05, 0) is 11.6 Å². The van der Waals surface area contributed by atoms with Crippen LogP contribution in [0, 0.1) is 0 Å². The standard InChI is InChI=1S/C12H9Cl3N2/c13-12(14,15)11-16-8-10(17-11)7-6-9-4-2-1-3-5-9/h1-8H,(H,16,17). The highest BCUT2D eigenvalue weighted by Crippen LogP contribution is 2.35. The third-order valence-corrected chi connectivity index (χ3v) is 2.66. The van der Waals surface area contributed by atoms with Crippen molar-refractivity contribution in [1.29, 1.82) is 0 Å². The van der Waals surface area contributed by atoms with Crippen LogP contribution in [0.3, 0.4) is 0 Å². The number of imidazole rings is 1. The van der Waals surface area contributed by atoms with E-state index in [2.05, 4.69) is 9.97 Å². The number of rotatable bonds is 2. The van der Waals surface area contributed by atoms with Crippen LogP contribution in [0.25, 0.3) is 12.2 Å². The molecule has 1 aromatic heterocycles. The Morgan fingerprint density at radius 3 is 2.35 bits per heavy atom. The minimum Gasteiger partial charge on any atom is -0.339 e. The van der Waals surface area contributed by atoms with Crippen LogP contribution in [0.4, 0.5) is 0 Å². The van der Waals surface area contributed by atoms with Crippen LogP contribution in [0.5, 0.6) is 0 Å². The summed E-state index contributed by atoms with van der Waals surface area (Å²) in [6, 6.07) is 9.92. The van der Waals surface area contributed by atoms with Crippen molar-refractivity contribution in [3.8, 4) is 0 Å². The summed E-state index contributed by atoms with van der Waals surface area (Å²) in [5, 5.41) is 0. The molecular formula is C12H9Cl3N2. The van der Waals surface area contributed by atoms with Crippen LogP contribution in [0.1, 0.15) is 17.1 Å². The molecule has 0 aliphatic heterocycles. The number of hydrogen-bond acceptors (Lipinski definition) is 1. The summed E-state index contributed by atoms with van der Waals surface area (Å²) < 4.78 is -1.52. The molecule has 1 N–H and O–H groups in total. The van der Waals surface area contributed by atoms with Crippen LogP contribution in [0.15, 0.2) is 36.5 Å². The predicted octanol–water partition coefficient (Wildman–Crippen LogP) is 4.41. The van der Waals surface area contributed by atoms with Crippen molar-refractivity contribution in [3.05, 3.63) is 53.6 Å². The summed E-state index contributed by atoms with van der Waals surface area (Å²) in [5.74, 6) is 0.315. The third-order valence-electron chi connectivity index (χ3n) is 2.12. The lowest BCUT2D eigenvalue weighted by atomic mass is 10.2. The zero-order chi connectivity index (χ0) is 12.3. The molecule has 0 aliphatic rings. The van der Waals surface area contributed by atoms with Gasteiger partial charge in [-0.3, -0.25) is 0 Å². The molecule has 0 atom stereocenters. The van der Waals surface area contributed by atoms with Gasteiger partial charge in [0, 0.05) is 0 Å². The second kappa shape index (κ2) is 5.13. The number of benzene rings is 1. The van der Waals surface area contributed by atoms with Gasteiger partial charge in [0.05, 0.1) is 11.9 Å². The van der Waals surface area contributed by atoms with E-state index in [-0.39, 0.29) is 0 Å². The van der Waals surface area contributed by atoms with E-state index in [0.29, 0.717) is 5.82 Å². The smallest absolute Gasteiger partial charge is 0.248 e. The topological polar surface area (TPSA) is 28.7 Å². The molecule has 17 heavy (non-hydrogen) atoms. The Bertz CT molecular complexity index is 512. The molecule has 2 aromatic rings. The maximum Gasteiger partial charge on any atom is 0.248 e. The predicted molar refractivity (Wildman–Crippen MR) is 73.2 cm³/mol.